The molecular weight excluding hydrogens is 441 g/mol. The number of carbonyl (C=O) groups excluding carboxylic acids is 1. The molecule has 0 spiro atoms. The van der Waals surface area contributed by atoms with E-state index in [2.05, 4.69) is 39.2 Å². The van der Waals surface area contributed by atoms with Crippen LogP contribution >= 0.6 is 0 Å². The van der Waals surface area contributed by atoms with Crippen molar-refractivity contribution in [3.8, 4) is 0 Å². The van der Waals surface area contributed by atoms with Crippen LogP contribution < -0.4 is 15.1 Å². The summed E-state index contributed by atoms with van der Waals surface area (Å²) in [7, 11) is 0. The minimum atomic E-state index is -0.279. The average Bonchev–Trinajstić information content (AvgIpc) is 2.89. The molecule has 1 aliphatic heterocycles. The van der Waals surface area contributed by atoms with Crippen LogP contribution in [0, 0.1) is 5.82 Å². The van der Waals surface area contributed by atoms with Crippen molar-refractivity contribution in [2.24, 2.45) is 0 Å². The van der Waals surface area contributed by atoms with Crippen LogP contribution in [0.15, 0.2) is 72.8 Å². The Kier molecular flexibility index (Phi) is 6.31. The van der Waals surface area contributed by atoms with Gasteiger partial charge in [-0.05, 0) is 47.9 Å². The Bertz CT molecular complexity index is 1330. The molecule has 6 nitrogen and oxygen atoms in total. The van der Waals surface area contributed by atoms with Crippen molar-refractivity contribution >= 4 is 33.9 Å². The number of fused-ring (bicyclic) bond motifs is 1. The van der Waals surface area contributed by atoms with Gasteiger partial charge in [0.15, 0.2) is 11.5 Å². The third-order valence-electron chi connectivity index (χ3n) is 6.49. The van der Waals surface area contributed by atoms with Crippen molar-refractivity contribution in [3.05, 3.63) is 89.9 Å². The van der Waals surface area contributed by atoms with Crippen LogP contribution in [-0.4, -0.2) is 42.3 Å². The number of nitrogens with one attached hydrogen (secondary N) is 1. The van der Waals surface area contributed by atoms with E-state index in [0.717, 1.165) is 54.1 Å². The first-order valence-electron chi connectivity index (χ1n) is 11.9. The number of amides is 1. The van der Waals surface area contributed by atoms with Crippen molar-refractivity contribution in [2.45, 2.75) is 19.8 Å². The quantitative estimate of drug-likeness (QED) is 0.420. The van der Waals surface area contributed by atoms with Gasteiger partial charge in [0.1, 0.15) is 5.82 Å². The Morgan fingerprint density at radius 1 is 0.829 bits per heavy atom. The fourth-order valence-corrected chi connectivity index (χ4v) is 4.46. The minimum absolute atomic E-state index is 0.231. The zero-order valence-electron chi connectivity index (χ0n) is 19.9. The van der Waals surface area contributed by atoms with Crippen molar-refractivity contribution in [1.82, 2.24) is 10.2 Å². The lowest BCUT2D eigenvalue weighted by molar-refractivity contribution is 0.102. The molecule has 1 aromatic heterocycles. The molecule has 3 aromatic carbocycles. The third kappa shape index (κ3) is 4.80. The molecule has 2 heterocycles. The first-order chi connectivity index (χ1) is 17.0. The highest BCUT2D eigenvalue weighted by atomic mass is 19.1. The molecule has 7 heteroatoms. The van der Waals surface area contributed by atoms with Crippen molar-refractivity contribution < 1.29 is 9.18 Å². The number of rotatable bonds is 5. The van der Waals surface area contributed by atoms with Crippen LogP contribution in [0.4, 0.5) is 21.6 Å². The predicted octanol–water partition coefficient (Wildman–Crippen LogP) is 5.47. The molecule has 1 saturated heterocycles. The maximum Gasteiger partial charge on any atom is 0.276 e. The molecule has 5 rings (SSSR count). The van der Waals surface area contributed by atoms with Gasteiger partial charge in [0.25, 0.3) is 5.91 Å². The highest BCUT2D eigenvalue weighted by molar-refractivity contribution is 6.12. The van der Waals surface area contributed by atoms with Gasteiger partial charge in [-0.15, -0.1) is 10.2 Å². The van der Waals surface area contributed by atoms with E-state index in [1.165, 1.54) is 17.7 Å². The Hall–Kier alpha value is -4.00. The van der Waals surface area contributed by atoms with E-state index in [9.17, 15) is 9.18 Å². The first kappa shape index (κ1) is 22.8. The maximum absolute atomic E-state index is 13.3. The summed E-state index contributed by atoms with van der Waals surface area (Å²) in [4.78, 5) is 17.5. The molecule has 1 amide bonds. The number of hydrogen-bond donors (Lipinski definition) is 1. The number of nitrogens with zero attached hydrogens (tertiary/aromatic N) is 4. The van der Waals surface area contributed by atoms with Gasteiger partial charge in [0.05, 0.1) is 0 Å². The normalized spacial score (nSPS) is 13.9. The van der Waals surface area contributed by atoms with Crippen LogP contribution in [0.1, 0.15) is 35.8 Å². The molecule has 0 saturated carbocycles. The number of benzene rings is 3. The molecule has 1 fully saturated rings. The van der Waals surface area contributed by atoms with Gasteiger partial charge in [-0.25, -0.2) is 4.39 Å². The second-order valence-electron chi connectivity index (χ2n) is 9.10. The molecule has 35 heavy (non-hydrogen) atoms. The van der Waals surface area contributed by atoms with Gasteiger partial charge in [-0.3, -0.25) is 4.79 Å². The number of halogens is 1. The molecule has 1 aliphatic rings. The molecule has 1 N–H and O–H groups in total. The summed E-state index contributed by atoms with van der Waals surface area (Å²) in [5.41, 5.74) is 3.26. The molecule has 0 unspecified atom stereocenters. The largest absolute Gasteiger partial charge is 0.368 e. The van der Waals surface area contributed by atoms with Crippen molar-refractivity contribution in [1.29, 1.82) is 0 Å². The zero-order chi connectivity index (χ0) is 24.4. The van der Waals surface area contributed by atoms with Crippen LogP contribution in [0.5, 0.6) is 0 Å². The molecule has 178 valence electrons. The standard InChI is InChI=1S/C28H28FN5O/c1-19(2)20-7-11-22(12-8-20)30-28(35)26-24-5-3-4-6-25(24)27(32-31-26)34-17-15-33(16-18-34)23-13-9-21(29)10-14-23/h3-14,19H,15-18H2,1-2H3,(H,30,35). The highest BCUT2D eigenvalue weighted by Crippen LogP contribution is 2.28. The molecule has 4 aromatic rings. The fraction of sp³-hybridized carbons (Fsp3) is 0.250. The Morgan fingerprint density at radius 3 is 2.11 bits per heavy atom. The summed E-state index contributed by atoms with van der Waals surface area (Å²) >= 11 is 0. The summed E-state index contributed by atoms with van der Waals surface area (Å²) in [5, 5.41) is 13.5. The van der Waals surface area contributed by atoms with Crippen LogP contribution in [0.25, 0.3) is 10.8 Å². The monoisotopic (exact) mass is 469 g/mol. The van der Waals surface area contributed by atoms with E-state index < -0.39 is 0 Å². The minimum Gasteiger partial charge on any atom is -0.368 e. The number of piperazine rings is 1. The van der Waals surface area contributed by atoms with Crippen LogP contribution in [0.3, 0.4) is 0 Å². The van der Waals surface area contributed by atoms with E-state index in [-0.39, 0.29) is 11.7 Å². The van der Waals surface area contributed by atoms with Crippen LogP contribution in [0.2, 0.25) is 0 Å². The van der Waals surface area contributed by atoms with Gasteiger partial charge in [0.2, 0.25) is 0 Å². The number of carbonyl (C=O) groups is 1. The second-order valence-corrected chi connectivity index (χ2v) is 9.10. The number of hydrogen-bond acceptors (Lipinski definition) is 5. The zero-order valence-corrected chi connectivity index (χ0v) is 19.9. The predicted molar refractivity (Wildman–Crippen MR) is 139 cm³/mol. The third-order valence-corrected chi connectivity index (χ3v) is 6.49. The first-order valence-corrected chi connectivity index (χ1v) is 11.9. The van der Waals surface area contributed by atoms with Crippen LogP contribution in [-0.2, 0) is 0 Å². The molecule has 0 aliphatic carbocycles. The summed E-state index contributed by atoms with van der Waals surface area (Å²) in [6.07, 6.45) is 0. The smallest absolute Gasteiger partial charge is 0.276 e. The van der Waals surface area contributed by atoms with Gasteiger partial charge in [-0.2, -0.15) is 0 Å². The summed E-state index contributed by atoms with van der Waals surface area (Å²) < 4.78 is 13.3. The summed E-state index contributed by atoms with van der Waals surface area (Å²) in [6, 6.07) is 22.2. The lowest BCUT2D eigenvalue weighted by Gasteiger charge is -2.37. The number of aromatic nitrogens is 2. The SMILES string of the molecule is CC(C)c1ccc(NC(=O)c2nnc(N3CCN(c4ccc(F)cc4)CC3)c3ccccc23)cc1. The van der Waals surface area contributed by atoms with Crippen molar-refractivity contribution in [2.75, 3.05) is 41.3 Å². The van der Waals surface area contributed by atoms with E-state index in [0.29, 0.717) is 11.6 Å². The van der Waals surface area contributed by atoms with E-state index in [1.807, 2.05) is 60.7 Å². The van der Waals surface area contributed by atoms with E-state index in [4.69, 9.17) is 0 Å². The molecule has 0 radical (unpaired) electrons. The van der Waals surface area contributed by atoms with E-state index >= 15 is 0 Å². The summed E-state index contributed by atoms with van der Waals surface area (Å²) in [6.45, 7) is 7.36. The maximum atomic E-state index is 13.3. The fourth-order valence-electron chi connectivity index (χ4n) is 4.46. The van der Waals surface area contributed by atoms with Gasteiger partial charge in [-0.1, -0.05) is 50.2 Å². The Balaban J connectivity index is 1.35. The average molecular weight is 470 g/mol. The highest BCUT2D eigenvalue weighted by Gasteiger charge is 2.23. The van der Waals surface area contributed by atoms with Gasteiger partial charge >= 0.3 is 0 Å². The Labute approximate surface area is 204 Å². The summed E-state index contributed by atoms with van der Waals surface area (Å²) in [5.74, 6) is 0.696. The van der Waals surface area contributed by atoms with Crippen molar-refractivity contribution in [3.63, 3.8) is 0 Å². The number of anilines is 3. The lowest BCUT2D eigenvalue weighted by Crippen LogP contribution is -2.47. The molecule has 0 bridgehead atoms. The van der Waals surface area contributed by atoms with Gasteiger partial charge < -0.3 is 15.1 Å². The molecular formula is C28H28FN5O. The lowest BCUT2D eigenvalue weighted by atomic mass is 10.0. The van der Waals surface area contributed by atoms with E-state index in [1.54, 1.807) is 0 Å². The Morgan fingerprint density at radius 2 is 1.46 bits per heavy atom. The topological polar surface area (TPSA) is 61.4 Å². The molecule has 0 atom stereocenters. The second kappa shape index (κ2) is 9.70. The van der Waals surface area contributed by atoms with Gasteiger partial charge in [0, 0.05) is 48.3 Å².